The van der Waals surface area contributed by atoms with E-state index in [0.717, 1.165) is 47.2 Å². The number of anilines is 1. The first-order valence-corrected chi connectivity index (χ1v) is 15.9. The van der Waals surface area contributed by atoms with Crippen molar-refractivity contribution in [3.8, 4) is 11.5 Å². The number of nitrogens with zero attached hydrogens (tertiary/aromatic N) is 2. The fraction of sp³-hybridized carbons (Fsp3) is 0.444. The predicted molar refractivity (Wildman–Crippen MR) is 172 cm³/mol. The maximum Gasteiger partial charge on any atom is 0.232 e. The first kappa shape index (κ1) is 30.9. The average Bonchev–Trinajstić information content (AvgIpc) is 3.01. The second kappa shape index (κ2) is 13.4. The van der Waals surface area contributed by atoms with E-state index in [1.165, 1.54) is 19.3 Å². The van der Waals surface area contributed by atoms with E-state index in [9.17, 15) is 9.59 Å². The lowest BCUT2D eigenvalue weighted by molar-refractivity contribution is -0.134. The predicted octanol–water partition coefficient (Wildman–Crippen LogP) is 8.45. The number of rotatable bonds is 9. The molecular weight excluding hydrogens is 560 g/mol. The minimum atomic E-state index is -0.377. The second-order valence-corrected chi connectivity index (χ2v) is 12.4. The maximum absolute atomic E-state index is 13.9. The molecule has 0 N–H and O–H groups in total. The van der Waals surface area contributed by atoms with Crippen LogP contribution in [0.25, 0.3) is 0 Å². The van der Waals surface area contributed by atoms with Crippen molar-refractivity contribution in [3.63, 3.8) is 0 Å². The van der Waals surface area contributed by atoms with Crippen LogP contribution in [0.3, 0.4) is 0 Å². The van der Waals surface area contributed by atoms with E-state index in [-0.39, 0.29) is 42.5 Å². The van der Waals surface area contributed by atoms with Gasteiger partial charge in [-0.25, -0.2) is 0 Å². The second-order valence-electron chi connectivity index (χ2n) is 11.9. The molecule has 7 heteroatoms. The number of methoxy groups -OCH3 is 1. The molecule has 43 heavy (non-hydrogen) atoms. The topological polar surface area (TPSA) is 59.1 Å². The summed E-state index contributed by atoms with van der Waals surface area (Å²) in [4.78, 5) is 30.6. The molecule has 0 saturated heterocycles. The number of hydrogen-bond donors (Lipinski definition) is 0. The van der Waals surface area contributed by atoms with Gasteiger partial charge in [0.25, 0.3) is 0 Å². The Hall–Kier alpha value is -3.51. The first-order valence-electron chi connectivity index (χ1n) is 15.6. The van der Waals surface area contributed by atoms with Gasteiger partial charge in [0.05, 0.1) is 31.7 Å². The Kier molecular flexibility index (Phi) is 9.65. The normalized spacial score (nSPS) is 18.5. The minimum absolute atomic E-state index is 0.00142. The molecule has 1 heterocycles. The van der Waals surface area contributed by atoms with Crippen molar-refractivity contribution in [2.75, 3.05) is 12.0 Å². The van der Waals surface area contributed by atoms with Crippen molar-refractivity contribution >= 4 is 29.1 Å². The van der Waals surface area contributed by atoms with Crippen LogP contribution in [0.1, 0.15) is 101 Å². The van der Waals surface area contributed by atoms with Crippen molar-refractivity contribution in [2.24, 2.45) is 0 Å². The third-order valence-corrected chi connectivity index (χ3v) is 9.33. The molecule has 3 atom stereocenters. The monoisotopic (exact) mass is 602 g/mol. The summed E-state index contributed by atoms with van der Waals surface area (Å²) in [5, 5.41) is 0.638. The van der Waals surface area contributed by atoms with Gasteiger partial charge in [-0.2, -0.15) is 0 Å². The molecule has 228 valence electrons. The molecule has 1 fully saturated rings. The summed E-state index contributed by atoms with van der Waals surface area (Å²) in [7, 11) is 1.63. The van der Waals surface area contributed by atoms with E-state index < -0.39 is 0 Å². The Morgan fingerprint density at radius 2 is 1.67 bits per heavy atom. The minimum Gasteiger partial charge on any atom is -0.493 e. The molecule has 2 aliphatic rings. The molecule has 3 aromatic carbocycles. The summed E-state index contributed by atoms with van der Waals surface area (Å²) in [6, 6.07) is 19.7. The van der Waals surface area contributed by atoms with Crippen molar-refractivity contribution in [1.29, 1.82) is 0 Å². The molecule has 3 aromatic rings. The molecule has 1 aliphatic carbocycles. The van der Waals surface area contributed by atoms with Crippen LogP contribution in [-0.4, -0.2) is 36.0 Å². The summed E-state index contributed by atoms with van der Waals surface area (Å²) in [5.41, 5.74) is 4.74. The highest BCUT2D eigenvalue weighted by atomic mass is 35.5. The van der Waals surface area contributed by atoms with Crippen molar-refractivity contribution in [1.82, 2.24) is 4.90 Å². The zero-order chi connectivity index (χ0) is 30.7. The Morgan fingerprint density at radius 3 is 2.28 bits per heavy atom. The van der Waals surface area contributed by atoms with Gasteiger partial charge in [0, 0.05) is 23.7 Å². The highest BCUT2D eigenvalue weighted by Gasteiger charge is 2.36. The van der Waals surface area contributed by atoms with Crippen molar-refractivity contribution < 1.29 is 19.1 Å². The number of halogens is 1. The third kappa shape index (κ3) is 6.54. The molecule has 1 saturated carbocycles. The molecule has 6 nitrogen and oxygen atoms in total. The summed E-state index contributed by atoms with van der Waals surface area (Å²) in [6.45, 7) is 7.90. The number of carbonyl (C=O) groups excluding carboxylic acids is 2. The number of benzene rings is 3. The molecule has 2 unspecified atom stereocenters. The average molecular weight is 603 g/mol. The molecule has 1 aliphatic heterocycles. The van der Waals surface area contributed by atoms with Gasteiger partial charge in [-0.05, 0) is 91.8 Å². The first-order chi connectivity index (χ1) is 20.7. The Bertz CT molecular complexity index is 1430. The lowest BCUT2D eigenvalue weighted by Gasteiger charge is -2.39. The molecule has 0 aromatic heterocycles. The van der Waals surface area contributed by atoms with Crippen molar-refractivity contribution in [3.05, 3.63) is 87.9 Å². The molecule has 0 bridgehead atoms. The highest BCUT2D eigenvalue weighted by Crippen LogP contribution is 2.44. The zero-order valence-corrected chi connectivity index (χ0v) is 26.7. The molecule has 5 rings (SSSR count). The van der Waals surface area contributed by atoms with E-state index in [0.29, 0.717) is 16.5 Å². The van der Waals surface area contributed by atoms with Gasteiger partial charge in [-0.15, -0.1) is 0 Å². The van der Waals surface area contributed by atoms with E-state index >= 15 is 0 Å². The number of hydrogen-bond acceptors (Lipinski definition) is 4. The van der Waals surface area contributed by atoms with Crippen molar-refractivity contribution in [2.45, 2.75) is 96.9 Å². The Labute approximate surface area is 260 Å². The molecular formula is C36H43ClN2O4. The number of fused-ring (bicyclic) bond motifs is 1. The van der Waals surface area contributed by atoms with Gasteiger partial charge in [0.2, 0.25) is 11.8 Å². The summed E-state index contributed by atoms with van der Waals surface area (Å²) < 4.78 is 12.0. The third-order valence-electron chi connectivity index (χ3n) is 9.08. The fourth-order valence-corrected chi connectivity index (χ4v) is 6.78. The van der Waals surface area contributed by atoms with Gasteiger partial charge in [0.1, 0.15) is 0 Å². The van der Waals surface area contributed by atoms with E-state index in [4.69, 9.17) is 21.1 Å². The largest absolute Gasteiger partial charge is 0.493 e. The van der Waals surface area contributed by atoms with Gasteiger partial charge < -0.3 is 19.3 Å². The van der Waals surface area contributed by atoms with E-state index in [2.05, 4.69) is 30.9 Å². The van der Waals surface area contributed by atoms with Gasteiger partial charge >= 0.3 is 0 Å². The van der Waals surface area contributed by atoms with Crippen LogP contribution in [0.15, 0.2) is 60.7 Å². The van der Waals surface area contributed by atoms with Crippen LogP contribution in [0.5, 0.6) is 11.5 Å². The molecule has 2 amide bonds. The van der Waals surface area contributed by atoms with Crippen LogP contribution in [0, 0.1) is 0 Å². The lowest BCUT2D eigenvalue weighted by Crippen LogP contribution is -2.42. The maximum atomic E-state index is 13.9. The number of amides is 2. The van der Waals surface area contributed by atoms with Crippen LogP contribution in [0.4, 0.5) is 5.69 Å². The van der Waals surface area contributed by atoms with E-state index in [1.807, 2.05) is 60.4 Å². The van der Waals surface area contributed by atoms with Crippen LogP contribution in [-0.2, 0) is 16.0 Å². The van der Waals surface area contributed by atoms with Gasteiger partial charge in [0.15, 0.2) is 11.5 Å². The highest BCUT2D eigenvalue weighted by molar-refractivity contribution is 6.30. The lowest BCUT2D eigenvalue weighted by atomic mass is 9.86. The van der Waals surface area contributed by atoms with E-state index in [1.54, 1.807) is 14.0 Å². The van der Waals surface area contributed by atoms with Crippen LogP contribution >= 0.6 is 11.6 Å². The summed E-state index contributed by atoms with van der Waals surface area (Å²) >= 11 is 6.28. The standard InChI is InChI=1S/C36H43ClN2O4/c1-6-23(2)43-34-22-32-28(20-33(34)42-5)21-35(41)39(36(32)27-12-16-29(37)17-13-27)31-18-14-26(15-19-31)24(3)38(25(4)40)30-10-8-7-9-11-30/h12-20,22-24,30,36H,6-11,21H2,1-5H3/t23-,24?,36?/m1/s1. The van der Waals surface area contributed by atoms with Crippen LogP contribution < -0.4 is 14.4 Å². The Morgan fingerprint density at radius 1 is 1.00 bits per heavy atom. The van der Waals surface area contributed by atoms with Gasteiger partial charge in [-0.1, -0.05) is 62.1 Å². The van der Waals surface area contributed by atoms with Crippen LogP contribution in [0.2, 0.25) is 5.02 Å². The quantitative estimate of drug-likeness (QED) is 0.246. The SMILES string of the molecule is CC[C@@H](C)Oc1cc2c(cc1OC)CC(=O)N(c1ccc(C(C)N(C(C)=O)C3CCCCC3)cc1)C2c1ccc(Cl)cc1. The number of carbonyl (C=O) groups is 2. The Balaban J connectivity index is 1.54. The summed E-state index contributed by atoms with van der Waals surface area (Å²) in [5.74, 6) is 1.40. The zero-order valence-electron chi connectivity index (χ0n) is 25.9. The molecule has 0 radical (unpaired) electrons. The fourth-order valence-electron chi connectivity index (χ4n) is 6.65. The number of ether oxygens (including phenoxy) is 2. The molecule has 0 spiro atoms. The summed E-state index contributed by atoms with van der Waals surface area (Å²) in [6.07, 6.45) is 6.81. The smallest absolute Gasteiger partial charge is 0.232 e. The van der Waals surface area contributed by atoms with Gasteiger partial charge in [-0.3, -0.25) is 9.59 Å².